The Labute approximate surface area is 138 Å². The molecule has 1 heterocycles. The number of hydrogen-bond donors (Lipinski definition) is 1. The summed E-state index contributed by atoms with van der Waals surface area (Å²) in [6.07, 6.45) is 0. The molecule has 1 N–H and O–H groups in total. The van der Waals surface area contributed by atoms with Crippen molar-refractivity contribution >= 4 is 5.69 Å². The summed E-state index contributed by atoms with van der Waals surface area (Å²) in [4.78, 5) is 4.33. The molecule has 24 heavy (non-hydrogen) atoms. The van der Waals surface area contributed by atoms with Crippen LogP contribution in [0.5, 0.6) is 11.5 Å². The normalized spacial score (nSPS) is 10.5. The van der Waals surface area contributed by atoms with Crippen LogP contribution in [0.1, 0.15) is 5.89 Å². The van der Waals surface area contributed by atoms with Crippen LogP contribution in [-0.4, -0.2) is 24.4 Å². The monoisotopic (exact) mass is 329 g/mol. The summed E-state index contributed by atoms with van der Waals surface area (Å²) in [6, 6.07) is 11.4. The van der Waals surface area contributed by atoms with E-state index in [0.717, 1.165) is 11.3 Å². The molecule has 0 saturated heterocycles. The Bertz CT molecular complexity index is 818. The Hall–Kier alpha value is -3.09. The summed E-state index contributed by atoms with van der Waals surface area (Å²) < 4.78 is 28.6. The smallest absolute Gasteiger partial charge is 0.246 e. The number of methoxy groups -OCH3 is 2. The van der Waals surface area contributed by atoms with Crippen molar-refractivity contribution in [2.24, 2.45) is 0 Å². The molecule has 0 amide bonds. The van der Waals surface area contributed by atoms with Crippen LogP contribution in [0, 0.1) is 5.82 Å². The molecule has 0 aliphatic rings. The van der Waals surface area contributed by atoms with E-state index in [1.165, 1.54) is 12.1 Å². The molecule has 0 aliphatic heterocycles. The largest absolute Gasteiger partial charge is 0.493 e. The van der Waals surface area contributed by atoms with Crippen LogP contribution in [0.2, 0.25) is 0 Å². The van der Waals surface area contributed by atoms with E-state index in [1.54, 1.807) is 38.5 Å². The fourth-order valence-corrected chi connectivity index (χ4v) is 2.16. The lowest BCUT2D eigenvalue weighted by Crippen LogP contribution is -1.99. The molecule has 0 saturated carbocycles. The summed E-state index contributed by atoms with van der Waals surface area (Å²) in [5.74, 6) is 1.80. The van der Waals surface area contributed by atoms with Gasteiger partial charge in [-0.3, -0.25) is 0 Å². The number of nitrogens with zero attached hydrogens (tertiary/aromatic N) is 2. The number of benzene rings is 2. The van der Waals surface area contributed by atoms with E-state index in [4.69, 9.17) is 14.0 Å². The Balaban J connectivity index is 1.72. The third-order valence-corrected chi connectivity index (χ3v) is 3.40. The zero-order chi connectivity index (χ0) is 16.9. The predicted octanol–water partition coefficient (Wildman–Crippen LogP) is 3.51. The molecule has 124 valence electrons. The van der Waals surface area contributed by atoms with Gasteiger partial charge in [0.2, 0.25) is 11.7 Å². The fourth-order valence-electron chi connectivity index (χ4n) is 2.16. The molecule has 0 radical (unpaired) electrons. The predicted molar refractivity (Wildman–Crippen MR) is 86.6 cm³/mol. The van der Waals surface area contributed by atoms with E-state index < -0.39 is 0 Å². The van der Waals surface area contributed by atoms with Gasteiger partial charge in [0, 0.05) is 11.3 Å². The second-order valence-electron chi connectivity index (χ2n) is 4.94. The number of hydrogen-bond acceptors (Lipinski definition) is 6. The highest BCUT2D eigenvalue weighted by molar-refractivity contribution is 5.60. The zero-order valence-electron chi connectivity index (χ0n) is 13.2. The van der Waals surface area contributed by atoms with Gasteiger partial charge in [-0.25, -0.2) is 4.39 Å². The zero-order valence-corrected chi connectivity index (χ0v) is 13.2. The molecule has 0 aliphatic carbocycles. The van der Waals surface area contributed by atoms with Gasteiger partial charge in [0.15, 0.2) is 11.5 Å². The van der Waals surface area contributed by atoms with Crippen LogP contribution in [-0.2, 0) is 6.54 Å². The topological polar surface area (TPSA) is 69.4 Å². The van der Waals surface area contributed by atoms with Gasteiger partial charge in [-0.2, -0.15) is 4.98 Å². The highest BCUT2D eigenvalue weighted by Crippen LogP contribution is 2.31. The minimum Gasteiger partial charge on any atom is -0.493 e. The van der Waals surface area contributed by atoms with Crippen LogP contribution in [0.3, 0.4) is 0 Å². The fraction of sp³-hybridized carbons (Fsp3) is 0.176. The number of ether oxygens (including phenoxy) is 2. The van der Waals surface area contributed by atoms with Crippen LogP contribution >= 0.6 is 0 Å². The number of rotatable bonds is 6. The van der Waals surface area contributed by atoms with Gasteiger partial charge in [0.25, 0.3) is 0 Å². The lowest BCUT2D eigenvalue weighted by atomic mass is 10.2. The van der Waals surface area contributed by atoms with Crippen LogP contribution in [0.4, 0.5) is 10.1 Å². The molecule has 1 aromatic heterocycles. The van der Waals surface area contributed by atoms with E-state index in [2.05, 4.69) is 15.5 Å². The van der Waals surface area contributed by atoms with Crippen molar-refractivity contribution in [1.82, 2.24) is 10.1 Å². The van der Waals surface area contributed by atoms with E-state index in [9.17, 15) is 4.39 Å². The highest BCUT2D eigenvalue weighted by Gasteiger charge is 2.12. The SMILES string of the molecule is COc1ccc(-c2noc(CNc3ccc(F)cc3)n2)cc1OC. The van der Waals surface area contributed by atoms with Gasteiger partial charge in [0.1, 0.15) is 5.82 Å². The average Bonchev–Trinajstić information content (AvgIpc) is 3.09. The maximum absolute atomic E-state index is 12.9. The molecule has 2 aromatic carbocycles. The first-order chi connectivity index (χ1) is 11.7. The standard InChI is InChI=1S/C17H16FN3O3/c1-22-14-8-3-11(9-15(14)23-2)17-20-16(24-21-17)10-19-13-6-4-12(18)5-7-13/h3-9,19H,10H2,1-2H3. The summed E-state index contributed by atoms with van der Waals surface area (Å²) in [7, 11) is 3.14. The van der Waals surface area contributed by atoms with Gasteiger partial charge in [-0.05, 0) is 42.5 Å². The minimum absolute atomic E-state index is 0.283. The van der Waals surface area contributed by atoms with Crippen molar-refractivity contribution in [1.29, 1.82) is 0 Å². The molecule has 0 atom stereocenters. The molecule has 0 unspecified atom stereocenters. The lowest BCUT2D eigenvalue weighted by Gasteiger charge is -2.07. The lowest BCUT2D eigenvalue weighted by molar-refractivity contribution is 0.355. The van der Waals surface area contributed by atoms with Gasteiger partial charge in [-0.1, -0.05) is 5.16 Å². The Morgan fingerprint density at radius 3 is 2.50 bits per heavy atom. The first-order valence-corrected chi connectivity index (χ1v) is 7.24. The van der Waals surface area contributed by atoms with Crippen molar-refractivity contribution in [3.8, 4) is 22.9 Å². The number of aromatic nitrogens is 2. The second kappa shape index (κ2) is 6.99. The first kappa shape index (κ1) is 15.8. The number of nitrogens with one attached hydrogen (secondary N) is 1. The van der Waals surface area contributed by atoms with E-state index >= 15 is 0 Å². The van der Waals surface area contributed by atoms with E-state index in [0.29, 0.717) is 29.8 Å². The Morgan fingerprint density at radius 1 is 1.04 bits per heavy atom. The molecule has 6 nitrogen and oxygen atoms in total. The van der Waals surface area contributed by atoms with Crippen LogP contribution in [0.25, 0.3) is 11.4 Å². The van der Waals surface area contributed by atoms with Crippen molar-refractivity contribution in [3.63, 3.8) is 0 Å². The summed E-state index contributed by atoms with van der Waals surface area (Å²) in [5, 5.41) is 7.05. The first-order valence-electron chi connectivity index (χ1n) is 7.24. The third-order valence-electron chi connectivity index (χ3n) is 3.40. The van der Waals surface area contributed by atoms with E-state index in [1.807, 2.05) is 6.07 Å². The average molecular weight is 329 g/mol. The second-order valence-corrected chi connectivity index (χ2v) is 4.94. The molecule has 0 fully saturated rings. The summed E-state index contributed by atoms with van der Waals surface area (Å²) >= 11 is 0. The van der Waals surface area contributed by atoms with E-state index in [-0.39, 0.29) is 5.82 Å². The van der Waals surface area contributed by atoms with Gasteiger partial charge in [0.05, 0.1) is 20.8 Å². The van der Waals surface area contributed by atoms with Crippen molar-refractivity contribution in [2.45, 2.75) is 6.54 Å². The summed E-state index contributed by atoms with van der Waals surface area (Å²) in [5.41, 5.74) is 1.52. The Kier molecular flexibility index (Phi) is 4.60. The molecule has 3 rings (SSSR count). The van der Waals surface area contributed by atoms with Gasteiger partial charge >= 0.3 is 0 Å². The maximum atomic E-state index is 12.9. The van der Waals surface area contributed by atoms with Crippen molar-refractivity contribution in [2.75, 3.05) is 19.5 Å². The van der Waals surface area contributed by atoms with Crippen molar-refractivity contribution in [3.05, 3.63) is 54.2 Å². The van der Waals surface area contributed by atoms with Gasteiger partial charge in [-0.15, -0.1) is 0 Å². The third kappa shape index (κ3) is 3.45. The quantitative estimate of drug-likeness (QED) is 0.746. The molecule has 0 bridgehead atoms. The Morgan fingerprint density at radius 2 is 1.79 bits per heavy atom. The molecular formula is C17H16FN3O3. The molecular weight excluding hydrogens is 313 g/mol. The molecule has 7 heteroatoms. The number of anilines is 1. The van der Waals surface area contributed by atoms with Gasteiger partial charge < -0.3 is 19.3 Å². The van der Waals surface area contributed by atoms with Crippen LogP contribution < -0.4 is 14.8 Å². The molecule has 0 spiro atoms. The highest BCUT2D eigenvalue weighted by atomic mass is 19.1. The van der Waals surface area contributed by atoms with Crippen LogP contribution in [0.15, 0.2) is 47.0 Å². The maximum Gasteiger partial charge on any atom is 0.246 e. The summed E-state index contributed by atoms with van der Waals surface area (Å²) in [6.45, 7) is 0.339. The minimum atomic E-state index is -0.283. The number of halogens is 1. The molecule has 3 aromatic rings. The van der Waals surface area contributed by atoms with Crippen molar-refractivity contribution < 1.29 is 18.4 Å².